The normalized spacial score (nSPS) is 15.4. The number of rotatable bonds is 9. The molecule has 1 atom stereocenters. The minimum absolute atomic E-state index is 0.0574. The number of aliphatic carboxylic acids is 1. The van der Waals surface area contributed by atoms with E-state index in [1.165, 1.54) is 0 Å². The number of alkyl carbamates (subject to hydrolysis) is 1. The lowest BCUT2D eigenvalue weighted by Gasteiger charge is -2.26. The fourth-order valence-corrected chi connectivity index (χ4v) is 4.33. The lowest BCUT2D eigenvalue weighted by atomic mass is 9.98. The van der Waals surface area contributed by atoms with Crippen molar-refractivity contribution in [3.63, 3.8) is 0 Å². The SMILES string of the molecule is O=C(O)CN(CCO)C(=O)C(NC(=O)OCC1c2ccccc2-c2ccccc21)C1CC1. The van der Waals surface area contributed by atoms with Crippen molar-refractivity contribution in [2.24, 2.45) is 5.92 Å². The van der Waals surface area contributed by atoms with Gasteiger partial charge < -0.3 is 25.2 Å². The zero-order valence-corrected chi connectivity index (χ0v) is 17.6. The van der Waals surface area contributed by atoms with Crippen molar-refractivity contribution >= 4 is 18.0 Å². The minimum atomic E-state index is -1.18. The number of aliphatic hydroxyl groups excluding tert-OH is 1. The summed E-state index contributed by atoms with van der Waals surface area (Å²) in [6.07, 6.45) is 0.816. The Bertz CT molecular complexity index is 974. The molecule has 3 N–H and O–H groups in total. The lowest BCUT2D eigenvalue weighted by Crippen LogP contribution is -2.52. The number of carboxylic acid groups (broad SMARTS) is 1. The van der Waals surface area contributed by atoms with E-state index < -0.39 is 30.6 Å². The van der Waals surface area contributed by atoms with Crippen LogP contribution in [0.1, 0.15) is 29.9 Å². The second-order valence-electron chi connectivity index (χ2n) is 8.16. The van der Waals surface area contributed by atoms with E-state index in [0.717, 1.165) is 40.0 Å². The van der Waals surface area contributed by atoms with Crippen LogP contribution < -0.4 is 5.32 Å². The van der Waals surface area contributed by atoms with Gasteiger partial charge in [0.25, 0.3) is 0 Å². The van der Waals surface area contributed by atoms with Crippen LogP contribution in [0, 0.1) is 5.92 Å². The van der Waals surface area contributed by atoms with Gasteiger partial charge in [0.2, 0.25) is 5.91 Å². The third-order valence-corrected chi connectivity index (χ3v) is 5.98. The van der Waals surface area contributed by atoms with Crippen LogP contribution in [0.25, 0.3) is 11.1 Å². The lowest BCUT2D eigenvalue weighted by molar-refractivity contribution is -0.145. The van der Waals surface area contributed by atoms with Crippen molar-refractivity contribution < 1.29 is 29.3 Å². The van der Waals surface area contributed by atoms with Crippen LogP contribution in [-0.2, 0) is 14.3 Å². The molecule has 1 fully saturated rings. The highest BCUT2D eigenvalue weighted by molar-refractivity contribution is 5.88. The topological polar surface area (TPSA) is 116 Å². The molecule has 0 spiro atoms. The van der Waals surface area contributed by atoms with Crippen molar-refractivity contribution in [1.82, 2.24) is 10.2 Å². The van der Waals surface area contributed by atoms with Gasteiger partial charge in [-0.15, -0.1) is 0 Å². The van der Waals surface area contributed by atoms with Gasteiger partial charge in [-0.05, 0) is 41.0 Å². The minimum Gasteiger partial charge on any atom is -0.480 e. The van der Waals surface area contributed by atoms with E-state index in [0.29, 0.717) is 0 Å². The highest BCUT2D eigenvalue weighted by Crippen LogP contribution is 2.44. The van der Waals surface area contributed by atoms with Crippen LogP contribution in [0.2, 0.25) is 0 Å². The van der Waals surface area contributed by atoms with Crippen LogP contribution in [0.15, 0.2) is 48.5 Å². The standard InChI is InChI=1S/C24H26N2O6/c27-12-11-26(13-21(28)29)23(30)22(15-9-10-15)25-24(31)32-14-20-18-7-3-1-5-16(18)17-6-2-4-8-19(17)20/h1-8,15,20,22,27H,9-14H2,(H,25,31)(H,28,29). The highest BCUT2D eigenvalue weighted by atomic mass is 16.5. The fraction of sp³-hybridized carbons (Fsp3) is 0.375. The second-order valence-corrected chi connectivity index (χ2v) is 8.16. The predicted octanol–water partition coefficient (Wildman–Crippen LogP) is 2.21. The van der Waals surface area contributed by atoms with Gasteiger partial charge in [-0.2, -0.15) is 0 Å². The molecule has 8 heteroatoms. The van der Waals surface area contributed by atoms with Crippen LogP contribution in [0.3, 0.4) is 0 Å². The molecule has 1 unspecified atom stereocenters. The first-order valence-electron chi connectivity index (χ1n) is 10.7. The number of hydrogen-bond acceptors (Lipinski definition) is 5. The van der Waals surface area contributed by atoms with Gasteiger partial charge in [-0.3, -0.25) is 9.59 Å². The molecule has 0 aromatic heterocycles. The Morgan fingerprint density at radius 3 is 2.16 bits per heavy atom. The van der Waals surface area contributed by atoms with Gasteiger partial charge in [-0.1, -0.05) is 48.5 Å². The Labute approximate surface area is 185 Å². The van der Waals surface area contributed by atoms with E-state index in [9.17, 15) is 19.5 Å². The number of hydrogen-bond donors (Lipinski definition) is 3. The van der Waals surface area contributed by atoms with Crippen molar-refractivity contribution in [3.8, 4) is 11.1 Å². The molecule has 0 heterocycles. The number of ether oxygens (including phenoxy) is 1. The first kappa shape index (κ1) is 21.8. The average Bonchev–Trinajstić information content (AvgIpc) is 3.58. The Morgan fingerprint density at radius 2 is 1.62 bits per heavy atom. The zero-order chi connectivity index (χ0) is 22.7. The summed E-state index contributed by atoms with van der Waals surface area (Å²) in [6.45, 7) is -0.877. The van der Waals surface area contributed by atoms with Gasteiger partial charge >= 0.3 is 12.1 Å². The molecule has 2 aromatic rings. The summed E-state index contributed by atoms with van der Waals surface area (Å²) in [7, 11) is 0. The Kier molecular flexibility index (Phi) is 6.41. The summed E-state index contributed by atoms with van der Waals surface area (Å²) >= 11 is 0. The third kappa shape index (κ3) is 4.60. The van der Waals surface area contributed by atoms with Gasteiger partial charge in [0.05, 0.1) is 6.61 Å². The summed E-state index contributed by atoms with van der Waals surface area (Å²) < 4.78 is 5.53. The van der Waals surface area contributed by atoms with Gasteiger partial charge in [0.1, 0.15) is 19.2 Å². The molecule has 8 nitrogen and oxygen atoms in total. The fourth-order valence-electron chi connectivity index (χ4n) is 4.33. The highest BCUT2D eigenvalue weighted by Gasteiger charge is 2.40. The van der Waals surface area contributed by atoms with E-state index in [1.807, 2.05) is 48.5 Å². The molecule has 0 bridgehead atoms. The van der Waals surface area contributed by atoms with E-state index in [2.05, 4.69) is 5.32 Å². The molecule has 1 saturated carbocycles. The molecule has 0 aliphatic heterocycles. The third-order valence-electron chi connectivity index (χ3n) is 5.98. The quantitative estimate of drug-likeness (QED) is 0.553. The molecule has 4 rings (SSSR count). The zero-order valence-electron chi connectivity index (χ0n) is 17.6. The first-order valence-corrected chi connectivity index (χ1v) is 10.7. The number of carbonyl (C=O) groups excluding carboxylic acids is 2. The van der Waals surface area contributed by atoms with Crippen LogP contribution in [0.4, 0.5) is 4.79 Å². The smallest absolute Gasteiger partial charge is 0.407 e. The molecule has 2 aromatic carbocycles. The van der Waals surface area contributed by atoms with Gasteiger partial charge in [0, 0.05) is 12.5 Å². The van der Waals surface area contributed by atoms with E-state index in [1.54, 1.807) is 0 Å². The first-order chi connectivity index (χ1) is 15.5. The van der Waals surface area contributed by atoms with Crippen LogP contribution in [0.5, 0.6) is 0 Å². The van der Waals surface area contributed by atoms with Crippen LogP contribution in [-0.4, -0.2) is 65.4 Å². The number of amides is 2. The van der Waals surface area contributed by atoms with E-state index in [4.69, 9.17) is 9.84 Å². The van der Waals surface area contributed by atoms with Crippen molar-refractivity contribution in [2.45, 2.75) is 24.8 Å². The molecular formula is C24H26N2O6. The Morgan fingerprint density at radius 1 is 1.03 bits per heavy atom. The molecule has 0 radical (unpaired) electrons. The summed E-state index contributed by atoms with van der Waals surface area (Å²) in [5, 5.41) is 20.9. The Hall–Kier alpha value is -3.39. The van der Waals surface area contributed by atoms with E-state index >= 15 is 0 Å². The van der Waals surface area contributed by atoms with E-state index in [-0.39, 0.29) is 31.6 Å². The molecule has 2 amide bonds. The maximum Gasteiger partial charge on any atom is 0.407 e. The van der Waals surface area contributed by atoms with Crippen molar-refractivity contribution in [2.75, 3.05) is 26.3 Å². The average molecular weight is 438 g/mol. The molecular weight excluding hydrogens is 412 g/mol. The number of carbonyl (C=O) groups is 3. The summed E-state index contributed by atoms with van der Waals surface area (Å²) in [6, 6.07) is 15.2. The molecule has 0 saturated heterocycles. The number of benzene rings is 2. The molecule has 32 heavy (non-hydrogen) atoms. The van der Waals surface area contributed by atoms with Gasteiger partial charge in [0.15, 0.2) is 0 Å². The summed E-state index contributed by atoms with van der Waals surface area (Å²) in [4.78, 5) is 37.6. The second kappa shape index (κ2) is 9.40. The largest absolute Gasteiger partial charge is 0.480 e. The maximum absolute atomic E-state index is 12.9. The summed E-state index contributed by atoms with van der Waals surface area (Å²) in [5.41, 5.74) is 4.42. The predicted molar refractivity (Wildman–Crippen MR) is 116 cm³/mol. The van der Waals surface area contributed by atoms with Gasteiger partial charge in [-0.25, -0.2) is 4.79 Å². The number of nitrogens with one attached hydrogen (secondary N) is 1. The number of nitrogens with zero attached hydrogens (tertiary/aromatic N) is 1. The number of aliphatic hydroxyl groups is 1. The number of fused-ring (bicyclic) bond motifs is 3. The van der Waals surface area contributed by atoms with Crippen LogP contribution >= 0.6 is 0 Å². The number of carboxylic acids is 1. The summed E-state index contributed by atoms with van der Waals surface area (Å²) in [5.74, 6) is -1.85. The monoisotopic (exact) mass is 438 g/mol. The molecule has 168 valence electrons. The molecule has 2 aliphatic rings. The van der Waals surface area contributed by atoms with Crippen molar-refractivity contribution in [1.29, 1.82) is 0 Å². The molecule has 2 aliphatic carbocycles. The Balaban J connectivity index is 1.43. The van der Waals surface area contributed by atoms with Crippen molar-refractivity contribution in [3.05, 3.63) is 59.7 Å². The maximum atomic E-state index is 12.9.